The minimum absolute atomic E-state index is 0.138. The van der Waals surface area contributed by atoms with E-state index in [1.165, 1.54) is 12.1 Å². The molecule has 0 aliphatic carbocycles. The van der Waals surface area contributed by atoms with Crippen molar-refractivity contribution < 1.29 is 9.18 Å². The highest BCUT2D eigenvalue weighted by Crippen LogP contribution is 2.16. The Kier molecular flexibility index (Phi) is 3.07. The Morgan fingerprint density at radius 1 is 1.40 bits per heavy atom. The molecule has 15 heavy (non-hydrogen) atoms. The average Bonchev–Trinajstić information content (AvgIpc) is 2.10. The van der Waals surface area contributed by atoms with Crippen LogP contribution in [0.5, 0.6) is 0 Å². The van der Waals surface area contributed by atoms with Crippen molar-refractivity contribution in [2.24, 2.45) is 5.41 Å². The lowest BCUT2D eigenvalue weighted by Gasteiger charge is -2.17. The quantitative estimate of drug-likeness (QED) is 0.773. The fourth-order valence-corrected chi connectivity index (χ4v) is 0.917. The van der Waals surface area contributed by atoms with Gasteiger partial charge in [0, 0.05) is 5.41 Å². The lowest BCUT2D eigenvalue weighted by atomic mass is 9.96. The van der Waals surface area contributed by atoms with Gasteiger partial charge in [0.1, 0.15) is 11.6 Å². The minimum Gasteiger partial charge on any atom is -0.310 e. The fourth-order valence-electron chi connectivity index (χ4n) is 0.917. The molecule has 1 amide bonds. The van der Waals surface area contributed by atoms with Crippen molar-refractivity contribution in [2.45, 2.75) is 27.7 Å². The van der Waals surface area contributed by atoms with Crippen molar-refractivity contribution in [1.29, 1.82) is 0 Å². The first kappa shape index (κ1) is 11.6. The van der Waals surface area contributed by atoms with Crippen LogP contribution in [0.25, 0.3) is 0 Å². The lowest BCUT2D eigenvalue weighted by molar-refractivity contribution is -0.123. The van der Waals surface area contributed by atoms with Crippen molar-refractivity contribution in [3.8, 4) is 0 Å². The first-order valence-corrected chi connectivity index (χ1v) is 4.75. The smallest absolute Gasteiger partial charge is 0.230 e. The number of aryl methyl sites for hydroxylation is 1. The molecular weight excluding hydrogens is 195 g/mol. The van der Waals surface area contributed by atoms with Crippen molar-refractivity contribution in [2.75, 3.05) is 5.32 Å². The molecule has 1 aromatic rings. The van der Waals surface area contributed by atoms with E-state index in [1.807, 2.05) is 0 Å². The fraction of sp³-hybridized carbons (Fsp3) is 0.455. The van der Waals surface area contributed by atoms with Crippen LogP contribution < -0.4 is 5.32 Å². The van der Waals surface area contributed by atoms with Gasteiger partial charge in [0.2, 0.25) is 5.91 Å². The number of nitrogens with zero attached hydrogens (tertiary/aromatic N) is 1. The van der Waals surface area contributed by atoms with Gasteiger partial charge in [-0.3, -0.25) is 4.79 Å². The van der Waals surface area contributed by atoms with Crippen LogP contribution in [-0.2, 0) is 4.79 Å². The molecule has 0 radical (unpaired) electrons. The summed E-state index contributed by atoms with van der Waals surface area (Å²) in [5.41, 5.74) is -0.203. The third-order valence-electron chi connectivity index (χ3n) is 1.94. The second kappa shape index (κ2) is 3.96. The molecule has 0 saturated carbocycles. The topological polar surface area (TPSA) is 42.0 Å². The van der Waals surface area contributed by atoms with Gasteiger partial charge in [-0.2, -0.15) is 0 Å². The van der Waals surface area contributed by atoms with Gasteiger partial charge in [0.15, 0.2) is 0 Å². The third kappa shape index (κ3) is 3.01. The van der Waals surface area contributed by atoms with E-state index >= 15 is 0 Å². The summed E-state index contributed by atoms with van der Waals surface area (Å²) in [7, 11) is 0. The maximum absolute atomic E-state index is 12.9. The Hall–Kier alpha value is -1.45. The standard InChI is InChI=1S/C11H15FN2O/c1-7-8(12)5-6-9(13-7)14-10(15)11(2,3)4/h5-6H,1-4H3,(H,13,14,15). The predicted molar refractivity (Wildman–Crippen MR) is 57.0 cm³/mol. The first-order chi connectivity index (χ1) is 6.80. The number of nitrogens with one attached hydrogen (secondary N) is 1. The van der Waals surface area contributed by atoms with Crippen LogP contribution in [0.15, 0.2) is 12.1 Å². The summed E-state index contributed by atoms with van der Waals surface area (Å²) >= 11 is 0. The molecule has 0 aliphatic heterocycles. The van der Waals surface area contributed by atoms with Crippen LogP contribution in [0.4, 0.5) is 10.2 Å². The molecule has 0 unspecified atom stereocenters. The van der Waals surface area contributed by atoms with Crippen LogP contribution in [0.2, 0.25) is 0 Å². The minimum atomic E-state index is -0.482. The van der Waals surface area contributed by atoms with Gasteiger partial charge in [-0.05, 0) is 19.1 Å². The number of hydrogen-bond acceptors (Lipinski definition) is 2. The molecule has 1 N–H and O–H groups in total. The molecule has 0 bridgehead atoms. The van der Waals surface area contributed by atoms with Crippen molar-refractivity contribution in [3.63, 3.8) is 0 Å². The summed E-state index contributed by atoms with van der Waals surface area (Å²) in [6, 6.07) is 2.74. The third-order valence-corrected chi connectivity index (χ3v) is 1.94. The molecule has 1 rings (SSSR count). The Bertz CT molecular complexity index is 383. The van der Waals surface area contributed by atoms with Gasteiger partial charge in [0.25, 0.3) is 0 Å². The summed E-state index contributed by atoms with van der Waals surface area (Å²) in [6.45, 7) is 6.97. The largest absolute Gasteiger partial charge is 0.310 e. The summed E-state index contributed by atoms with van der Waals surface area (Å²) < 4.78 is 12.9. The van der Waals surface area contributed by atoms with E-state index in [4.69, 9.17) is 0 Å². The van der Waals surface area contributed by atoms with Crippen LogP contribution >= 0.6 is 0 Å². The molecule has 0 fully saturated rings. The normalized spacial score (nSPS) is 11.3. The van der Waals surface area contributed by atoms with Crippen molar-refractivity contribution in [1.82, 2.24) is 4.98 Å². The van der Waals surface area contributed by atoms with Crippen LogP contribution in [0, 0.1) is 18.2 Å². The Morgan fingerprint density at radius 2 is 2.00 bits per heavy atom. The second-order valence-corrected chi connectivity index (χ2v) is 4.47. The van der Waals surface area contributed by atoms with Gasteiger partial charge in [-0.1, -0.05) is 20.8 Å². The molecular formula is C11H15FN2O. The van der Waals surface area contributed by atoms with E-state index in [2.05, 4.69) is 10.3 Å². The molecule has 0 spiro atoms. The Balaban J connectivity index is 2.83. The van der Waals surface area contributed by atoms with E-state index in [0.717, 1.165) is 0 Å². The summed E-state index contributed by atoms with van der Waals surface area (Å²) in [5.74, 6) is -0.126. The molecule has 1 heterocycles. The summed E-state index contributed by atoms with van der Waals surface area (Å²) in [5, 5.41) is 2.63. The first-order valence-electron chi connectivity index (χ1n) is 4.75. The maximum Gasteiger partial charge on any atom is 0.230 e. The number of halogens is 1. The van der Waals surface area contributed by atoms with Crippen LogP contribution in [0.3, 0.4) is 0 Å². The number of rotatable bonds is 1. The van der Waals surface area contributed by atoms with E-state index < -0.39 is 5.41 Å². The van der Waals surface area contributed by atoms with Gasteiger partial charge < -0.3 is 5.32 Å². The number of carbonyl (C=O) groups excluding carboxylic acids is 1. The zero-order chi connectivity index (χ0) is 11.6. The number of aromatic nitrogens is 1. The zero-order valence-electron chi connectivity index (χ0n) is 9.39. The van der Waals surface area contributed by atoms with Crippen molar-refractivity contribution >= 4 is 11.7 Å². The van der Waals surface area contributed by atoms with Gasteiger partial charge in [-0.15, -0.1) is 0 Å². The molecule has 0 aromatic carbocycles. The van der Waals surface area contributed by atoms with Gasteiger partial charge in [0.05, 0.1) is 5.69 Å². The van der Waals surface area contributed by atoms with Crippen LogP contribution in [0.1, 0.15) is 26.5 Å². The van der Waals surface area contributed by atoms with E-state index in [0.29, 0.717) is 5.82 Å². The second-order valence-electron chi connectivity index (χ2n) is 4.47. The number of anilines is 1. The molecule has 0 saturated heterocycles. The lowest BCUT2D eigenvalue weighted by Crippen LogP contribution is -2.28. The zero-order valence-corrected chi connectivity index (χ0v) is 9.39. The number of carbonyl (C=O) groups is 1. The Labute approximate surface area is 88.7 Å². The van der Waals surface area contributed by atoms with E-state index in [-0.39, 0.29) is 17.4 Å². The molecule has 0 aliphatic rings. The number of pyridine rings is 1. The summed E-state index contributed by atoms with van der Waals surface area (Å²) in [4.78, 5) is 15.5. The van der Waals surface area contributed by atoms with Gasteiger partial charge in [-0.25, -0.2) is 9.37 Å². The molecule has 0 atom stereocenters. The highest BCUT2D eigenvalue weighted by Gasteiger charge is 2.21. The molecule has 3 nitrogen and oxygen atoms in total. The maximum atomic E-state index is 12.9. The van der Waals surface area contributed by atoms with Crippen molar-refractivity contribution in [3.05, 3.63) is 23.6 Å². The number of amides is 1. The summed E-state index contributed by atoms with van der Waals surface area (Å²) in [6.07, 6.45) is 0. The molecule has 4 heteroatoms. The highest BCUT2D eigenvalue weighted by atomic mass is 19.1. The highest BCUT2D eigenvalue weighted by molar-refractivity contribution is 5.93. The van der Waals surface area contributed by atoms with Crippen LogP contribution in [-0.4, -0.2) is 10.9 Å². The average molecular weight is 210 g/mol. The molecule has 1 aromatic heterocycles. The Morgan fingerprint density at radius 3 is 2.47 bits per heavy atom. The van der Waals surface area contributed by atoms with E-state index in [1.54, 1.807) is 27.7 Å². The molecule has 82 valence electrons. The van der Waals surface area contributed by atoms with E-state index in [9.17, 15) is 9.18 Å². The number of hydrogen-bond donors (Lipinski definition) is 1. The van der Waals surface area contributed by atoms with Gasteiger partial charge >= 0.3 is 0 Å². The SMILES string of the molecule is Cc1nc(NC(=O)C(C)(C)C)ccc1F. The monoisotopic (exact) mass is 210 g/mol. The predicted octanol–water partition coefficient (Wildman–Crippen LogP) is 2.51.